The monoisotopic (exact) mass is 400 g/mol. The quantitative estimate of drug-likeness (QED) is 0.721. The number of esters is 1. The number of hydrogen-bond acceptors (Lipinski definition) is 5. The Labute approximate surface area is 168 Å². The Kier molecular flexibility index (Phi) is 5.13. The molecular formula is C21H21ClN2O4. The zero-order chi connectivity index (χ0) is 19.7. The van der Waals surface area contributed by atoms with E-state index in [4.69, 9.17) is 21.1 Å². The second kappa shape index (κ2) is 7.72. The Bertz CT molecular complexity index is 907. The predicted molar refractivity (Wildman–Crippen MR) is 107 cm³/mol. The van der Waals surface area contributed by atoms with Gasteiger partial charge in [0.15, 0.2) is 6.73 Å². The topological polar surface area (TPSA) is 59.1 Å². The maximum atomic E-state index is 12.8. The van der Waals surface area contributed by atoms with E-state index in [2.05, 4.69) is 0 Å². The second-order valence-corrected chi connectivity index (χ2v) is 7.30. The fourth-order valence-electron chi connectivity index (χ4n) is 3.61. The van der Waals surface area contributed by atoms with Crippen LogP contribution in [0, 0.1) is 0 Å². The summed E-state index contributed by atoms with van der Waals surface area (Å²) in [5, 5.41) is 0.413. The third kappa shape index (κ3) is 3.40. The highest BCUT2D eigenvalue weighted by molar-refractivity contribution is 6.34. The summed E-state index contributed by atoms with van der Waals surface area (Å²) in [7, 11) is 1.35. The average molecular weight is 401 g/mol. The molecule has 7 heteroatoms. The van der Waals surface area contributed by atoms with Crippen LogP contribution in [0.5, 0.6) is 5.75 Å². The number of carbonyl (C=O) groups excluding carboxylic acids is 2. The zero-order valence-corrected chi connectivity index (χ0v) is 16.4. The number of benzene rings is 2. The molecule has 0 saturated carbocycles. The standard InChI is InChI=1S/C21H21ClN2O4/c1-27-21(26)14-5-7-15(8-6-14)24-13-28-19-11-16(17(22)12-18(19)24)20(25)23-9-3-2-4-10-23/h5-8,11-12H,2-4,9-10,13H2,1H3. The van der Waals surface area contributed by atoms with Gasteiger partial charge in [0.2, 0.25) is 0 Å². The fraction of sp³-hybridized carbons (Fsp3) is 0.333. The van der Waals surface area contributed by atoms with E-state index in [9.17, 15) is 9.59 Å². The molecule has 6 nitrogen and oxygen atoms in total. The molecule has 1 fully saturated rings. The maximum absolute atomic E-state index is 12.8. The smallest absolute Gasteiger partial charge is 0.337 e. The molecule has 0 N–H and O–H groups in total. The first kappa shape index (κ1) is 18.6. The Morgan fingerprint density at radius 3 is 2.46 bits per heavy atom. The lowest BCUT2D eigenvalue weighted by atomic mass is 10.1. The number of likely N-dealkylation sites (tertiary alicyclic amines) is 1. The molecule has 2 aromatic carbocycles. The van der Waals surface area contributed by atoms with Crippen molar-refractivity contribution < 1.29 is 19.1 Å². The van der Waals surface area contributed by atoms with Crippen LogP contribution in [-0.4, -0.2) is 43.7 Å². The number of amides is 1. The number of piperidine rings is 1. The molecule has 0 unspecified atom stereocenters. The predicted octanol–water partition coefficient (Wildman–Crippen LogP) is 4.24. The summed E-state index contributed by atoms with van der Waals surface area (Å²) in [5.41, 5.74) is 2.61. The molecule has 2 aliphatic rings. The Hall–Kier alpha value is -2.73. The van der Waals surface area contributed by atoms with Gasteiger partial charge >= 0.3 is 5.97 Å². The van der Waals surface area contributed by atoms with Crippen molar-refractivity contribution >= 4 is 34.9 Å². The van der Waals surface area contributed by atoms with E-state index < -0.39 is 0 Å². The van der Waals surface area contributed by atoms with Gasteiger partial charge in [-0.3, -0.25) is 4.79 Å². The number of fused-ring (bicyclic) bond motifs is 1. The summed E-state index contributed by atoms with van der Waals surface area (Å²) in [4.78, 5) is 28.2. The minimum atomic E-state index is -0.381. The van der Waals surface area contributed by atoms with Crippen LogP contribution in [0.3, 0.4) is 0 Å². The summed E-state index contributed by atoms with van der Waals surface area (Å²) < 4.78 is 10.5. The van der Waals surface area contributed by atoms with Crippen LogP contribution in [-0.2, 0) is 4.74 Å². The fourth-order valence-corrected chi connectivity index (χ4v) is 3.85. The van der Waals surface area contributed by atoms with Gasteiger partial charge in [-0.2, -0.15) is 0 Å². The van der Waals surface area contributed by atoms with E-state index in [0.717, 1.165) is 43.7 Å². The normalized spacial score (nSPS) is 15.8. The highest BCUT2D eigenvalue weighted by Crippen LogP contribution is 2.42. The second-order valence-electron chi connectivity index (χ2n) is 6.89. The summed E-state index contributed by atoms with van der Waals surface area (Å²) in [6.07, 6.45) is 3.22. The summed E-state index contributed by atoms with van der Waals surface area (Å²) >= 11 is 6.47. The molecule has 2 heterocycles. The minimum absolute atomic E-state index is 0.0445. The lowest BCUT2D eigenvalue weighted by Crippen LogP contribution is -2.35. The average Bonchev–Trinajstić information content (AvgIpc) is 3.15. The molecule has 2 aromatic rings. The Morgan fingerprint density at radius 2 is 1.79 bits per heavy atom. The molecule has 0 radical (unpaired) electrons. The first-order chi connectivity index (χ1) is 13.6. The molecule has 0 aromatic heterocycles. The summed E-state index contributed by atoms with van der Waals surface area (Å²) in [6, 6.07) is 10.6. The van der Waals surface area contributed by atoms with E-state index >= 15 is 0 Å². The third-order valence-electron chi connectivity index (χ3n) is 5.16. The summed E-state index contributed by atoms with van der Waals surface area (Å²) in [6.45, 7) is 1.85. The van der Waals surface area contributed by atoms with Gasteiger partial charge in [-0.25, -0.2) is 4.79 Å². The van der Waals surface area contributed by atoms with Crippen LogP contribution in [0.4, 0.5) is 11.4 Å². The van der Waals surface area contributed by atoms with Crippen molar-refractivity contribution in [2.45, 2.75) is 19.3 Å². The van der Waals surface area contributed by atoms with Gasteiger partial charge in [0.1, 0.15) is 5.75 Å². The number of hydrogen-bond donors (Lipinski definition) is 0. The molecule has 0 spiro atoms. The third-order valence-corrected chi connectivity index (χ3v) is 5.48. The summed E-state index contributed by atoms with van der Waals surface area (Å²) in [5.74, 6) is 0.201. The molecule has 2 aliphatic heterocycles. The molecular weight excluding hydrogens is 380 g/mol. The first-order valence-electron chi connectivity index (χ1n) is 9.30. The molecule has 146 valence electrons. The van der Waals surface area contributed by atoms with Gasteiger partial charge in [0.05, 0.1) is 28.9 Å². The van der Waals surface area contributed by atoms with Crippen molar-refractivity contribution in [1.82, 2.24) is 4.90 Å². The number of carbonyl (C=O) groups is 2. The van der Waals surface area contributed by atoms with Crippen molar-refractivity contribution in [3.8, 4) is 5.75 Å². The molecule has 0 aliphatic carbocycles. The number of ether oxygens (including phenoxy) is 2. The van der Waals surface area contributed by atoms with Crippen LogP contribution in [0.1, 0.15) is 40.0 Å². The Morgan fingerprint density at radius 1 is 1.07 bits per heavy atom. The van der Waals surface area contributed by atoms with Crippen LogP contribution in [0.15, 0.2) is 36.4 Å². The zero-order valence-electron chi connectivity index (χ0n) is 15.6. The molecule has 0 atom stereocenters. The van der Waals surface area contributed by atoms with E-state index in [1.807, 2.05) is 21.9 Å². The lowest BCUT2D eigenvalue weighted by Gasteiger charge is -2.27. The van der Waals surface area contributed by atoms with Crippen LogP contribution in [0.2, 0.25) is 5.02 Å². The molecule has 28 heavy (non-hydrogen) atoms. The highest BCUT2D eigenvalue weighted by atomic mass is 35.5. The van der Waals surface area contributed by atoms with Crippen molar-refractivity contribution in [2.24, 2.45) is 0 Å². The van der Waals surface area contributed by atoms with E-state index in [0.29, 0.717) is 28.6 Å². The SMILES string of the molecule is COC(=O)c1ccc(N2COc3cc(C(=O)N4CCCCC4)c(Cl)cc32)cc1. The molecule has 1 saturated heterocycles. The van der Waals surface area contributed by atoms with E-state index in [1.165, 1.54) is 7.11 Å². The molecule has 0 bridgehead atoms. The van der Waals surface area contributed by atoms with Crippen molar-refractivity contribution in [1.29, 1.82) is 0 Å². The lowest BCUT2D eigenvalue weighted by molar-refractivity contribution is 0.0600. The number of halogens is 1. The van der Waals surface area contributed by atoms with Gasteiger partial charge in [0, 0.05) is 18.8 Å². The minimum Gasteiger partial charge on any atom is -0.471 e. The van der Waals surface area contributed by atoms with Gasteiger partial charge in [-0.15, -0.1) is 0 Å². The van der Waals surface area contributed by atoms with Crippen LogP contribution in [0.25, 0.3) is 0 Å². The largest absolute Gasteiger partial charge is 0.471 e. The van der Waals surface area contributed by atoms with Gasteiger partial charge in [-0.1, -0.05) is 11.6 Å². The number of rotatable bonds is 3. The van der Waals surface area contributed by atoms with E-state index in [-0.39, 0.29) is 11.9 Å². The van der Waals surface area contributed by atoms with Crippen LogP contribution < -0.4 is 9.64 Å². The number of methoxy groups -OCH3 is 1. The molecule has 1 amide bonds. The van der Waals surface area contributed by atoms with Crippen LogP contribution >= 0.6 is 11.6 Å². The van der Waals surface area contributed by atoms with Gasteiger partial charge in [-0.05, 0) is 55.7 Å². The van der Waals surface area contributed by atoms with Crippen molar-refractivity contribution in [3.63, 3.8) is 0 Å². The maximum Gasteiger partial charge on any atom is 0.337 e. The Balaban J connectivity index is 1.60. The van der Waals surface area contributed by atoms with Crippen molar-refractivity contribution in [2.75, 3.05) is 31.8 Å². The van der Waals surface area contributed by atoms with Gasteiger partial charge < -0.3 is 19.3 Å². The number of anilines is 2. The first-order valence-corrected chi connectivity index (χ1v) is 9.68. The van der Waals surface area contributed by atoms with E-state index in [1.54, 1.807) is 24.3 Å². The number of nitrogens with zero attached hydrogens (tertiary/aromatic N) is 2. The van der Waals surface area contributed by atoms with Gasteiger partial charge in [0.25, 0.3) is 5.91 Å². The van der Waals surface area contributed by atoms with Crippen molar-refractivity contribution in [3.05, 3.63) is 52.5 Å². The molecule has 4 rings (SSSR count). The highest BCUT2D eigenvalue weighted by Gasteiger charge is 2.28.